The summed E-state index contributed by atoms with van der Waals surface area (Å²) in [5.74, 6) is -0.0760. The Bertz CT molecular complexity index is 1080. The molecule has 3 N–H and O–H groups in total. The molecule has 1 amide bonds. The second-order valence-corrected chi connectivity index (χ2v) is 7.34. The van der Waals surface area contributed by atoms with Crippen LogP contribution in [0.5, 0.6) is 0 Å². The van der Waals surface area contributed by atoms with Crippen LogP contribution in [0, 0.1) is 0 Å². The lowest BCUT2D eigenvalue weighted by atomic mass is 10.00. The maximum atomic E-state index is 12.2. The zero-order valence-corrected chi connectivity index (χ0v) is 15.2. The largest absolute Gasteiger partial charge is 0.362 e. The zero-order chi connectivity index (χ0) is 19.4. The molecule has 1 aliphatic heterocycles. The Morgan fingerprint density at radius 2 is 1.89 bits per heavy atom. The summed E-state index contributed by atoms with van der Waals surface area (Å²) in [5.41, 5.74) is 5.41. The molecule has 8 heteroatoms. The summed E-state index contributed by atoms with van der Waals surface area (Å²) >= 11 is 0. The van der Waals surface area contributed by atoms with Gasteiger partial charge < -0.3 is 10.3 Å². The third-order valence-corrected chi connectivity index (χ3v) is 3.72. The van der Waals surface area contributed by atoms with Crippen LogP contribution in [-0.2, 0) is 14.9 Å². The molecule has 3 heterocycles. The van der Waals surface area contributed by atoms with Crippen LogP contribution in [0.4, 0.5) is 5.69 Å². The van der Waals surface area contributed by atoms with Gasteiger partial charge >= 0.3 is 0 Å². The highest BCUT2D eigenvalue weighted by Gasteiger charge is 2.24. The Morgan fingerprint density at radius 1 is 1.11 bits per heavy atom. The van der Waals surface area contributed by atoms with Crippen LogP contribution in [0.25, 0.3) is 22.8 Å². The van der Waals surface area contributed by atoms with Crippen molar-refractivity contribution in [2.75, 3.05) is 11.6 Å². The number of hydrogen-bond acceptors (Lipinski definition) is 4. The fourth-order valence-electron chi connectivity index (χ4n) is 2.63. The van der Waals surface area contributed by atoms with Gasteiger partial charge in [0.2, 0.25) is 0 Å². The Hall–Kier alpha value is -3.23. The molecule has 0 radical (unpaired) electrons. The number of amides is 1. The summed E-state index contributed by atoms with van der Waals surface area (Å²) < 4.78 is 25.9. The Morgan fingerprint density at radius 3 is 2.52 bits per heavy atom. The molecule has 0 saturated carbocycles. The first kappa shape index (κ1) is 18.6. The van der Waals surface area contributed by atoms with Gasteiger partial charge in [-0.2, -0.15) is 8.42 Å². The molecule has 138 valence electrons. The normalized spacial score (nSPS) is 14.3. The van der Waals surface area contributed by atoms with Crippen molar-refractivity contribution in [3.63, 3.8) is 0 Å². The van der Waals surface area contributed by atoms with E-state index in [2.05, 4.69) is 15.3 Å². The van der Waals surface area contributed by atoms with Gasteiger partial charge in [-0.1, -0.05) is 12.1 Å². The second kappa shape index (κ2) is 7.56. The van der Waals surface area contributed by atoms with Crippen molar-refractivity contribution in [3.8, 4) is 11.1 Å². The van der Waals surface area contributed by atoms with Gasteiger partial charge in [-0.25, -0.2) is 0 Å². The molecule has 27 heavy (non-hydrogen) atoms. The summed E-state index contributed by atoms with van der Waals surface area (Å²) in [6.45, 7) is 0. The maximum absolute atomic E-state index is 12.2. The van der Waals surface area contributed by atoms with E-state index in [-0.39, 0.29) is 5.91 Å². The molecular formula is C19H17N3O4S. The molecule has 0 aliphatic carbocycles. The van der Waals surface area contributed by atoms with E-state index in [4.69, 9.17) is 4.55 Å². The monoisotopic (exact) mass is 383 g/mol. The van der Waals surface area contributed by atoms with Crippen LogP contribution in [-0.4, -0.2) is 35.1 Å². The van der Waals surface area contributed by atoms with Crippen LogP contribution in [0.1, 0.15) is 11.3 Å². The lowest BCUT2D eigenvalue weighted by Crippen LogP contribution is -2.03. The quantitative estimate of drug-likeness (QED) is 0.465. The van der Waals surface area contributed by atoms with Crippen LogP contribution < -0.4 is 5.32 Å². The van der Waals surface area contributed by atoms with Gasteiger partial charge in [0, 0.05) is 41.1 Å². The van der Waals surface area contributed by atoms with Crippen molar-refractivity contribution in [1.82, 2.24) is 9.97 Å². The third kappa shape index (κ3) is 4.90. The number of pyridine rings is 1. The number of anilines is 1. The minimum absolute atomic E-state index is 0.0760. The number of aromatic amines is 1. The van der Waals surface area contributed by atoms with E-state index in [1.54, 1.807) is 6.20 Å². The van der Waals surface area contributed by atoms with Crippen LogP contribution >= 0.6 is 0 Å². The lowest BCUT2D eigenvalue weighted by molar-refractivity contribution is -0.110. The topological polar surface area (TPSA) is 112 Å². The maximum Gasteiger partial charge on any atom is 0.261 e. The molecule has 3 aromatic rings. The van der Waals surface area contributed by atoms with Crippen LogP contribution in [0.3, 0.4) is 0 Å². The molecule has 4 rings (SSSR count). The molecule has 0 unspecified atom stereocenters. The summed E-state index contributed by atoms with van der Waals surface area (Å²) in [7, 11) is -3.67. The Kier molecular flexibility index (Phi) is 5.20. The van der Waals surface area contributed by atoms with Crippen molar-refractivity contribution in [2.45, 2.75) is 0 Å². The Balaban J connectivity index is 0.000000376. The van der Waals surface area contributed by atoms with E-state index in [1.807, 2.05) is 60.9 Å². The predicted octanol–water partition coefficient (Wildman–Crippen LogP) is 3.07. The number of benzene rings is 1. The van der Waals surface area contributed by atoms with Crippen molar-refractivity contribution in [3.05, 3.63) is 72.3 Å². The summed E-state index contributed by atoms with van der Waals surface area (Å²) in [6.07, 6.45) is 7.99. The molecule has 1 aromatic carbocycles. The smallest absolute Gasteiger partial charge is 0.261 e. The average Bonchev–Trinajstić information content (AvgIpc) is 3.23. The van der Waals surface area contributed by atoms with Gasteiger partial charge in [0.25, 0.3) is 16.0 Å². The van der Waals surface area contributed by atoms with E-state index in [0.717, 1.165) is 28.1 Å². The van der Waals surface area contributed by atoms with Gasteiger partial charge in [-0.15, -0.1) is 0 Å². The molecule has 7 nitrogen and oxygen atoms in total. The van der Waals surface area contributed by atoms with E-state index >= 15 is 0 Å². The highest BCUT2D eigenvalue weighted by molar-refractivity contribution is 7.85. The lowest BCUT2D eigenvalue weighted by Gasteiger charge is -2.04. The SMILES string of the molecule is CS(=O)(=O)O.O=C1Nc2ccc(-c3cccnc3)cc2C1=Cc1ccc[nH]1. The number of H-pyrrole nitrogens is 1. The standard InChI is InChI=1S/C18H13N3O.CH4O3S/c22-18-16(10-14-4-2-8-20-14)15-9-12(5-6-17(15)21-18)13-3-1-7-19-11-13;1-5(2,3)4/h1-11,20H,(H,21,22);1H3,(H,2,3,4). The first-order chi connectivity index (χ1) is 12.8. The van der Waals surface area contributed by atoms with Crippen LogP contribution in [0.15, 0.2) is 61.1 Å². The van der Waals surface area contributed by atoms with E-state index < -0.39 is 10.1 Å². The van der Waals surface area contributed by atoms with Gasteiger partial charge in [0.15, 0.2) is 0 Å². The molecule has 0 bridgehead atoms. The van der Waals surface area contributed by atoms with Crippen molar-refractivity contribution in [2.24, 2.45) is 0 Å². The average molecular weight is 383 g/mol. The number of hydrogen-bond donors (Lipinski definition) is 3. The minimum atomic E-state index is -3.67. The molecule has 0 atom stereocenters. The number of carbonyl (C=O) groups excluding carboxylic acids is 1. The summed E-state index contributed by atoms with van der Waals surface area (Å²) in [4.78, 5) is 19.4. The highest BCUT2D eigenvalue weighted by Crippen LogP contribution is 2.35. The molecule has 0 saturated heterocycles. The van der Waals surface area contributed by atoms with Crippen molar-refractivity contribution >= 4 is 33.4 Å². The minimum Gasteiger partial charge on any atom is -0.362 e. The van der Waals surface area contributed by atoms with Crippen molar-refractivity contribution in [1.29, 1.82) is 0 Å². The number of carbonyl (C=O) groups is 1. The second-order valence-electron chi connectivity index (χ2n) is 5.87. The first-order valence-electron chi connectivity index (χ1n) is 7.95. The van der Waals surface area contributed by atoms with Gasteiger partial charge in [0.05, 0.1) is 11.8 Å². The van der Waals surface area contributed by atoms with Crippen molar-refractivity contribution < 1.29 is 17.8 Å². The number of rotatable bonds is 2. The number of fused-ring (bicyclic) bond motifs is 1. The number of nitrogens with one attached hydrogen (secondary N) is 2. The fraction of sp³-hybridized carbons (Fsp3) is 0.0526. The third-order valence-electron chi connectivity index (χ3n) is 3.72. The predicted molar refractivity (Wildman–Crippen MR) is 104 cm³/mol. The zero-order valence-electron chi connectivity index (χ0n) is 14.4. The molecule has 0 fully saturated rings. The summed E-state index contributed by atoms with van der Waals surface area (Å²) in [6, 6.07) is 13.7. The van der Waals surface area contributed by atoms with E-state index in [0.29, 0.717) is 11.8 Å². The molecule has 0 spiro atoms. The molecule has 2 aromatic heterocycles. The number of nitrogens with zero attached hydrogens (tertiary/aromatic N) is 1. The van der Waals surface area contributed by atoms with E-state index in [9.17, 15) is 13.2 Å². The highest BCUT2D eigenvalue weighted by atomic mass is 32.2. The fourth-order valence-corrected chi connectivity index (χ4v) is 2.63. The van der Waals surface area contributed by atoms with Crippen LogP contribution in [0.2, 0.25) is 0 Å². The van der Waals surface area contributed by atoms with Gasteiger partial charge in [-0.05, 0) is 42.0 Å². The molecular weight excluding hydrogens is 366 g/mol. The van der Waals surface area contributed by atoms with E-state index in [1.165, 1.54) is 0 Å². The molecule has 1 aliphatic rings. The number of aromatic nitrogens is 2. The first-order valence-corrected chi connectivity index (χ1v) is 9.80. The summed E-state index contributed by atoms with van der Waals surface area (Å²) in [5, 5.41) is 2.90. The van der Waals surface area contributed by atoms with Gasteiger partial charge in [0.1, 0.15) is 0 Å². The Labute approximate surface area is 156 Å². The van der Waals surface area contributed by atoms with Gasteiger partial charge in [-0.3, -0.25) is 14.3 Å².